The van der Waals surface area contributed by atoms with Crippen molar-refractivity contribution >= 4 is 34.3 Å². The van der Waals surface area contributed by atoms with Crippen molar-refractivity contribution in [1.82, 2.24) is 9.88 Å². The number of benzene rings is 1. The number of carbonyl (C=O) groups is 1. The quantitative estimate of drug-likeness (QED) is 0.653. The van der Waals surface area contributed by atoms with Crippen molar-refractivity contribution in [2.45, 2.75) is 13.0 Å². The van der Waals surface area contributed by atoms with Crippen molar-refractivity contribution in [3.63, 3.8) is 0 Å². The Kier molecular flexibility index (Phi) is 5.50. The summed E-state index contributed by atoms with van der Waals surface area (Å²) in [5.74, 6) is 0.0823. The van der Waals surface area contributed by atoms with Gasteiger partial charge in [-0.3, -0.25) is 4.79 Å². The zero-order chi connectivity index (χ0) is 17.8. The fourth-order valence-corrected chi connectivity index (χ4v) is 3.99. The lowest BCUT2D eigenvalue weighted by atomic mass is 10.2. The van der Waals surface area contributed by atoms with Gasteiger partial charge in [-0.1, -0.05) is 12.1 Å². The van der Waals surface area contributed by atoms with Crippen LogP contribution in [0, 0.1) is 0 Å². The molecule has 6 heteroatoms. The highest BCUT2D eigenvalue weighted by molar-refractivity contribution is 7.14. The van der Waals surface area contributed by atoms with E-state index in [1.54, 1.807) is 27.6 Å². The van der Waals surface area contributed by atoms with Crippen molar-refractivity contribution in [3.8, 4) is 10.6 Å². The highest BCUT2D eigenvalue weighted by Crippen LogP contribution is 2.26. The molecule has 2 aromatic heterocycles. The molecule has 0 bridgehead atoms. The standard InChI is InChI=1S/C19H21N3OS2/c1-21(2)17-6-4-14(5-7-17)11-22(3)18(23)10-16-13-25-19(20-16)15-8-9-24-12-15/h4-9,12-13H,10-11H2,1-3H3. The first kappa shape index (κ1) is 17.6. The predicted octanol–water partition coefficient (Wildman–Crippen LogP) is 4.14. The third-order valence-corrected chi connectivity index (χ3v) is 5.57. The van der Waals surface area contributed by atoms with E-state index < -0.39 is 0 Å². The molecule has 3 aromatic rings. The molecule has 0 aliphatic rings. The molecule has 3 rings (SSSR count). The van der Waals surface area contributed by atoms with Crippen LogP contribution in [0.3, 0.4) is 0 Å². The Morgan fingerprint density at radius 1 is 1.08 bits per heavy atom. The van der Waals surface area contributed by atoms with Gasteiger partial charge in [0.2, 0.25) is 5.91 Å². The molecule has 0 saturated carbocycles. The lowest BCUT2D eigenvalue weighted by molar-refractivity contribution is -0.129. The van der Waals surface area contributed by atoms with E-state index in [-0.39, 0.29) is 5.91 Å². The summed E-state index contributed by atoms with van der Waals surface area (Å²) in [5, 5.41) is 7.07. The minimum atomic E-state index is 0.0823. The molecule has 1 aromatic carbocycles. The Hall–Kier alpha value is -2.18. The average Bonchev–Trinajstić information content (AvgIpc) is 3.26. The zero-order valence-electron chi connectivity index (χ0n) is 14.6. The van der Waals surface area contributed by atoms with Gasteiger partial charge in [-0.15, -0.1) is 11.3 Å². The minimum absolute atomic E-state index is 0.0823. The second-order valence-electron chi connectivity index (χ2n) is 6.14. The molecule has 0 aliphatic carbocycles. The number of likely N-dealkylation sites (N-methyl/N-ethyl adjacent to an activating group) is 1. The predicted molar refractivity (Wildman–Crippen MR) is 106 cm³/mol. The summed E-state index contributed by atoms with van der Waals surface area (Å²) in [6.07, 6.45) is 0.340. The molecule has 4 nitrogen and oxygen atoms in total. The van der Waals surface area contributed by atoms with Crippen LogP contribution in [0.25, 0.3) is 10.6 Å². The normalized spacial score (nSPS) is 10.7. The fourth-order valence-electron chi connectivity index (χ4n) is 2.46. The van der Waals surface area contributed by atoms with E-state index in [0.717, 1.165) is 27.5 Å². The van der Waals surface area contributed by atoms with Crippen LogP contribution in [0.15, 0.2) is 46.5 Å². The first-order valence-electron chi connectivity index (χ1n) is 8.00. The fraction of sp³-hybridized carbons (Fsp3) is 0.263. The molecular weight excluding hydrogens is 350 g/mol. The van der Waals surface area contributed by atoms with E-state index in [1.165, 1.54) is 0 Å². The topological polar surface area (TPSA) is 36.4 Å². The third-order valence-electron chi connectivity index (χ3n) is 3.95. The Bertz CT molecular complexity index is 823. The smallest absolute Gasteiger partial charge is 0.228 e. The minimum Gasteiger partial charge on any atom is -0.378 e. The van der Waals surface area contributed by atoms with Gasteiger partial charge in [-0.25, -0.2) is 4.98 Å². The summed E-state index contributed by atoms with van der Waals surface area (Å²) in [6, 6.07) is 10.3. The number of thiazole rings is 1. The van der Waals surface area contributed by atoms with Crippen LogP contribution in [-0.2, 0) is 17.8 Å². The van der Waals surface area contributed by atoms with Gasteiger partial charge in [-0.2, -0.15) is 11.3 Å². The molecule has 130 valence electrons. The van der Waals surface area contributed by atoms with Crippen molar-refractivity contribution in [2.24, 2.45) is 0 Å². The number of anilines is 1. The summed E-state index contributed by atoms with van der Waals surface area (Å²) in [5.41, 5.74) is 4.24. The average molecular weight is 372 g/mol. The van der Waals surface area contributed by atoms with Crippen molar-refractivity contribution in [2.75, 3.05) is 26.0 Å². The lowest BCUT2D eigenvalue weighted by Gasteiger charge is -2.18. The molecular formula is C19H21N3OS2. The van der Waals surface area contributed by atoms with Gasteiger partial charge in [0.15, 0.2) is 0 Å². The number of hydrogen-bond donors (Lipinski definition) is 0. The molecule has 0 fully saturated rings. The van der Waals surface area contributed by atoms with Crippen molar-refractivity contribution in [1.29, 1.82) is 0 Å². The van der Waals surface area contributed by atoms with Gasteiger partial charge in [0.1, 0.15) is 5.01 Å². The van der Waals surface area contributed by atoms with Gasteiger partial charge >= 0.3 is 0 Å². The Balaban J connectivity index is 1.59. The number of carbonyl (C=O) groups excluding carboxylic acids is 1. The summed E-state index contributed by atoms with van der Waals surface area (Å²) in [7, 11) is 5.88. The zero-order valence-corrected chi connectivity index (χ0v) is 16.2. The van der Waals surface area contributed by atoms with E-state index in [0.29, 0.717) is 13.0 Å². The van der Waals surface area contributed by atoms with E-state index >= 15 is 0 Å². The maximum Gasteiger partial charge on any atom is 0.228 e. The summed E-state index contributed by atoms with van der Waals surface area (Å²) < 4.78 is 0. The maximum absolute atomic E-state index is 12.5. The van der Waals surface area contributed by atoms with Crippen LogP contribution in [-0.4, -0.2) is 36.9 Å². The van der Waals surface area contributed by atoms with Crippen LogP contribution in [0.4, 0.5) is 5.69 Å². The molecule has 0 N–H and O–H groups in total. The maximum atomic E-state index is 12.5. The molecule has 25 heavy (non-hydrogen) atoms. The molecule has 0 unspecified atom stereocenters. The first-order valence-corrected chi connectivity index (χ1v) is 9.82. The SMILES string of the molecule is CN(Cc1ccc(N(C)C)cc1)C(=O)Cc1csc(-c2ccsc2)n1. The number of nitrogens with zero attached hydrogens (tertiary/aromatic N) is 3. The van der Waals surface area contributed by atoms with Crippen LogP contribution < -0.4 is 4.90 Å². The lowest BCUT2D eigenvalue weighted by Crippen LogP contribution is -2.27. The first-order chi connectivity index (χ1) is 12.0. The van der Waals surface area contributed by atoms with Gasteiger partial charge < -0.3 is 9.80 Å². The van der Waals surface area contributed by atoms with Crippen molar-refractivity contribution in [3.05, 3.63) is 57.7 Å². The summed E-state index contributed by atoms with van der Waals surface area (Å²) in [4.78, 5) is 20.9. The second-order valence-corrected chi connectivity index (χ2v) is 7.78. The second kappa shape index (κ2) is 7.80. The van der Waals surface area contributed by atoms with Gasteiger partial charge in [0.05, 0.1) is 12.1 Å². The molecule has 1 amide bonds. The van der Waals surface area contributed by atoms with Crippen LogP contribution in [0.2, 0.25) is 0 Å². The highest BCUT2D eigenvalue weighted by Gasteiger charge is 2.13. The molecule has 0 saturated heterocycles. The number of amides is 1. The number of rotatable bonds is 6. The largest absolute Gasteiger partial charge is 0.378 e. The highest BCUT2D eigenvalue weighted by atomic mass is 32.1. The third kappa shape index (κ3) is 4.46. The summed E-state index contributed by atoms with van der Waals surface area (Å²) in [6.45, 7) is 0.605. The Labute approximate surface area is 156 Å². The summed E-state index contributed by atoms with van der Waals surface area (Å²) >= 11 is 3.24. The van der Waals surface area contributed by atoms with E-state index in [9.17, 15) is 4.79 Å². The van der Waals surface area contributed by atoms with E-state index in [4.69, 9.17) is 0 Å². The number of aromatic nitrogens is 1. The molecule has 0 radical (unpaired) electrons. The van der Waals surface area contributed by atoms with Gasteiger partial charge in [0, 0.05) is 49.7 Å². The number of thiophene rings is 1. The monoisotopic (exact) mass is 371 g/mol. The Morgan fingerprint density at radius 2 is 1.84 bits per heavy atom. The van der Waals surface area contributed by atoms with Crippen LogP contribution in [0.5, 0.6) is 0 Å². The van der Waals surface area contributed by atoms with E-state index in [2.05, 4.69) is 45.6 Å². The van der Waals surface area contributed by atoms with E-state index in [1.807, 2.05) is 31.9 Å². The van der Waals surface area contributed by atoms with Gasteiger partial charge in [0.25, 0.3) is 0 Å². The van der Waals surface area contributed by atoms with Crippen molar-refractivity contribution < 1.29 is 4.79 Å². The van der Waals surface area contributed by atoms with Gasteiger partial charge in [-0.05, 0) is 29.1 Å². The molecule has 0 spiro atoms. The Morgan fingerprint density at radius 3 is 2.48 bits per heavy atom. The molecule has 2 heterocycles. The van der Waals surface area contributed by atoms with Crippen LogP contribution in [0.1, 0.15) is 11.3 Å². The molecule has 0 aliphatic heterocycles. The number of hydrogen-bond acceptors (Lipinski definition) is 5. The van der Waals surface area contributed by atoms with Crippen LogP contribution >= 0.6 is 22.7 Å². The molecule has 0 atom stereocenters.